The van der Waals surface area contributed by atoms with Crippen molar-refractivity contribution in [1.82, 2.24) is 9.55 Å². The Morgan fingerprint density at radius 3 is 2.59 bits per heavy atom. The average Bonchev–Trinajstić information content (AvgIpc) is 2.79. The first-order valence-electron chi connectivity index (χ1n) is 10.3. The maximum atomic E-state index is 13.3. The summed E-state index contributed by atoms with van der Waals surface area (Å²) in [5, 5.41) is 3.87. The molecule has 162 valence electrons. The van der Waals surface area contributed by atoms with Crippen molar-refractivity contribution in [2.75, 3.05) is 17.7 Å². The fraction of sp³-hybridized carbons (Fsp3) is 0.160. The van der Waals surface area contributed by atoms with Crippen molar-refractivity contribution in [2.24, 2.45) is 0 Å². The Morgan fingerprint density at radius 1 is 1.06 bits per heavy atom. The van der Waals surface area contributed by atoms with Crippen LogP contribution in [-0.4, -0.2) is 27.8 Å². The predicted octanol–water partition coefficient (Wildman–Crippen LogP) is 4.82. The molecular weight excluding hydrogens is 422 g/mol. The standard InChI is InChI=1S/C25H23N3O3S/c1-3-31-20-13-11-19(12-14-20)28-24(30)21-9-4-5-10-22(21)27-25(28)32-16-23(29)26-18-8-6-7-17(2)15-18/h4-15H,3,16H2,1-2H3,(H,26,29). The summed E-state index contributed by atoms with van der Waals surface area (Å²) in [7, 11) is 0. The number of fused-ring (bicyclic) bond motifs is 1. The Kier molecular flexibility index (Phi) is 6.56. The normalized spacial score (nSPS) is 10.8. The first-order chi connectivity index (χ1) is 15.5. The van der Waals surface area contributed by atoms with Crippen molar-refractivity contribution < 1.29 is 9.53 Å². The van der Waals surface area contributed by atoms with Gasteiger partial charge in [-0.05, 0) is 67.9 Å². The zero-order valence-electron chi connectivity index (χ0n) is 17.9. The molecular formula is C25H23N3O3S. The van der Waals surface area contributed by atoms with E-state index >= 15 is 0 Å². The first kappa shape index (κ1) is 21.6. The number of carbonyl (C=O) groups excluding carboxylic acids is 1. The molecule has 6 nitrogen and oxygen atoms in total. The molecule has 32 heavy (non-hydrogen) atoms. The SMILES string of the molecule is CCOc1ccc(-n2c(SCC(=O)Nc3cccc(C)c3)nc3ccccc3c2=O)cc1. The number of thioether (sulfide) groups is 1. The van der Waals surface area contributed by atoms with Gasteiger partial charge < -0.3 is 10.1 Å². The number of rotatable bonds is 7. The van der Waals surface area contributed by atoms with E-state index in [4.69, 9.17) is 4.74 Å². The third-order valence-electron chi connectivity index (χ3n) is 4.79. The molecule has 1 aromatic heterocycles. The Morgan fingerprint density at radius 2 is 1.84 bits per heavy atom. The van der Waals surface area contributed by atoms with Crippen LogP contribution in [0.5, 0.6) is 5.75 Å². The second-order valence-electron chi connectivity index (χ2n) is 7.19. The molecule has 0 radical (unpaired) electrons. The lowest BCUT2D eigenvalue weighted by atomic mass is 10.2. The second kappa shape index (κ2) is 9.70. The summed E-state index contributed by atoms with van der Waals surface area (Å²) in [6, 6.07) is 22.1. The molecule has 0 aliphatic carbocycles. The van der Waals surface area contributed by atoms with Crippen molar-refractivity contribution in [2.45, 2.75) is 19.0 Å². The topological polar surface area (TPSA) is 73.2 Å². The van der Waals surface area contributed by atoms with Gasteiger partial charge in [-0.3, -0.25) is 14.2 Å². The van der Waals surface area contributed by atoms with Gasteiger partial charge in [0.1, 0.15) is 5.75 Å². The van der Waals surface area contributed by atoms with Gasteiger partial charge in [-0.1, -0.05) is 36.0 Å². The van der Waals surface area contributed by atoms with Gasteiger partial charge >= 0.3 is 0 Å². The van der Waals surface area contributed by atoms with Gasteiger partial charge in [0.2, 0.25) is 5.91 Å². The third kappa shape index (κ3) is 4.84. The molecule has 0 unspecified atom stereocenters. The highest BCUT2D eigenvalue weighted by Crippen LogP contribution is 2.23. The molecule has 0 atom stereocenters. The van der Waals surface area contributed by atoms with Crippen molar-refractivity contribution in [3.63, 3.8) is 0 Å². The van der Waals surface area contributed by atoms with Gasteiger partial charge in [-0.25, -0.2) is 4.98 Å². The van der Waals surface area contributed by atoms with E-state index in [1.165, 1.54) is 11.8 Å². The number of para-hydroxylation sites is 1. The number of nitrogens with one attached hydrogen (secondary N) is 1. The van der Waals surface area contributed by atoms with Gasteiger partial charge in [0, 0.05) is 5.69 Å². The highest BCUT2D eigenvalue weighted by atomic mass is 32.2. The molecule has 0 fully saturated rings. The lowest BCUT2D eigenvalue weighted by molar-refractivity contribution is -0.113. The van der Waals surface area contributed by atoms with Crippen molar-refractivity contribution in [1.29, 1.82) is 0 Å². The molecule has 0 bridgehead atoms. The number of hydrogen-bond donors (Lipinski definition) is 1. The Balaban J connectivity index is 1.65. The number of amides is 1. The molecule has 0 saturated carbocycles. The van der Waals surface area contributed by atoms with Crippen molar-refractivity contribution in [3.05, 3.63) is 88.7 Å². The van der Waals surface area contributed by atoms with Crippen LogP contribution in [0, 0.1) is 6.92 Å². The van der Waals surface area contributed by atoms with Crippen LogP contribution in [0.4, 0.5) is 5.69 Å². The fourth-order valence-corrected chi connectivity index (χ4v) is 4.16. The van der Waals surface area contributed by atoms with Gasteiger partial charge in [0.25, 0.3) is 5.56 Å². The Bertz CT molecular complexity index is 1320. The van der Waals surface area contributed by atoms with Gasteiger partial charge in [-0.2, -0.15) is 0 Å². The number of benzene rings is 3. The summed E-state index contributed by atoms with van der Waals surface area (Å²) in [4.78, 5) is 30.5. The van der Waals surface area contributed by atoms with Crippen LogP contribution in [0.2, 0.25) is 0 Å². The van der Waals surface area contributed by atoms with Crippen LogP contribution in [0.25, 0.3) is 16.6 Å². The monoisotopic (exact) mass is 445 g/mol. The molecule has 0 spiro atoms. The Labute approximate surface area is 190 Å². The molecule has 0 aliphatic rings. The molecule has 1 amide bonds. The smallest absolute Gasteiger partial charge is 0.266 e. The minimum Gasteiger partial charge on any atom is -0.494 e. The Hall–Kier alpha value is -3.58. The molecule has 4 aromatic rings. The zero-order chi connectivity index (χ0) is 22.5. The molecule has 1 N–H and O–H groups in total. The van der Waals surface area contributed by atoms with E-state index < -0.39 is 0 Å². The van der Waals surface area contributed by atoms with E-state index in [-0.39, 0.29) is 17.2 Å². The fourth-order valence-electron chi connectivity index (χ4n) is 3.34. The third-order valence-corrected chi connectivity index (χ3v) is 5.72. The summed E-state index contributed by atoms with van der Waals surface area (Å²) in [6.07, 6.45) is 0. The van der Waals surface area contributed by atoms with Crippen LogP contribution < -0.4 is 15.6 Å². The number of ether oxygens (including phenoxy) is 1. The molecule has 7 heteroatoms. The number of hydrogen-bond acceptors (Lipinski definition) is 5. The van der Waals surface area contributed by atoms with Crippen molar-refractivity contribution in [3.8, 4) is 11.4 Å². The van der Waals surface area contributed by atoms with Gasteiger partial charge in [0.15, 0.2) is 5.16 Å². The van der Waals surface area contributed by atoms with Gasteiger partial charge in [-0.15, -0.1) is 0 Å². The van der Waals surface area contributed by atoms with Crippen LogP contribution in [0.1, 0.15) is 12.5 Å². The first-order valence-corrected chi connectivity index (χ1v) is 11.3. The average molecular weight is 446 g/mol. The summed E-state index contributed by atoms with van der Waals surface area (Å²) >= 11 is 1.23. The minimum absolute atomic E-state index is 0.121. The van der Waals surface area contributed by atoms with Crippen LogP contribution >= 0.6 is 11.8 Å². The predicted molar refractivity (Wildman–Crippen MR) is 129 cm³/mol. The second-order valence-corrected chi connectivity index (χ2v) is 8.13. The molecule has 1 heterocycles. The van der Waals surface area contributed by atoms with Gasteiger partial charge in [0.05, 0.1) is 29.0 Å². The van der Waals surface area contributed by atoms with E-state index in [0.29, 0.717) is 28.4 Å². The lowest BCUT2D eigenvalue weighted by Crippen LogP contribution is -2.23. The maximum Gasteiger partial charge on any atom is 0.266 e. The quantitative estimate of drug-likeness (QED) is 0.326. The summed E-state index contributed by atoms with van der Waals surface area (Å²) in [5.74, 6) is 0.682. The minimum atomic E-state index is -0.179. The highest BCUT2D eigenvalue weighted by Gasteiger charge is 2.15. The van der Waals surface area contributed by atoms with E-state index in [1.807, 2.05) is 74.5 Å². The highest BCUT2D eigenvalue weighted by molar-refractivity contribution is 7.99. The van der Waals surface area contributed by atoms with E-state index in [0.717, 1.165) is 17.0 Å². The molecule has 0 aliphatic heterocycles. The van der Waals surface area contributed by atoms with Crippen LogP contribution in [-0.2, 0) is 4.79 Å². The number of aryl methyl sites for hydroxylation is 1. The van der Waals surface area contributed by atoms with Crippen molar-refractivity contribution >= 4 is 34.3 Å². The summed E-state index contributed by atoms with van der Waals surface area (Å²) in [6.45, 7) is 4.45. The molecule has 4 rings (SSSR count). The van der Waals surface area contributed by atoms with E-state index in [2.05, 4.69) is 10.3 Å². The summed E-state index contributed by atoms with van der Waals surface area (Å²) in [5.41, 5.74) is 2.89. The molecule has 3 aromatic carbocycles. The van der Waals surface area contributed by atoms with Crippen LogP contribution in [0.15, 0.2) is 82.7 Å². The van der Waals surface area contributed by atoms with E-state index in [1.54, 1.807) is 16.7 Å². The number of carbonyl (C=O) groups is 1. The maximum absolute atomic E-state index is 13.3. The van der Waals surface area contributed by atoms with E-state index in [9.17, 15) is 9.59 Å². The number of nitrogens with zero attached hydrogens (tertiary/aromatic N) is 2. The lowest BCUT2D eigenvalue weighted by Gasteiger charge is -2.14. The molecule has 0 saturated heterocycles. The summed E-state index contributed by atoms with van der Waals surface area (Å²) < 4.78 is 7.05. The number of aromatic nitrogens is 2. The number of anilines is 1. The largest absolute Gasteiger partial charge is 0.494 e. The van der Waals surface area contributed by atoms with Crippen LogP contribution in [0.3, 0.4) is 0 Å². The zero-order valence-corrected chi connectivity index (χ0v) is 18.7.